The number of nitro groups is 1. The van der Waals surface area contributed by atoms with Gasteiger partial charge in [0.05, 0.1) is 0 Å². The van der Waals surface area contributed by atoms with Gasteiger partial charge in [0, 0.05) is 11.5 Å². The van der Waals surface area contributed by atoms with Crippen LogP contribution in [0.1, 0.15) is 27.2 Å². The van der Waals surface area contributed by atoms with Gasteiger partial charge in [0.1, 0.15) is 21.9 Å². The summed E-state index contributed by atoms with van der Waals surface area (Å²) in [5, 5.41) is 20.8. The molecule has 0 aromatic rings. The van der Waals surface area contributed by atoms with E-state index in [0.717, 1.165) is 4.90 Å². The van der Waals surface area contributed by atoms with E-state index >= 15 is 0 Å². The minimum absolute atomic E-state index is 0.0248. The summed E-state index contributed by atoms with van der Waals surface area (Å²) in [4.78, 5) is 36.4. The molecule has 0 radical (unpaired) electrons. The molecule has 8 nitrogen and oxygen atoms in total. The van der Waals surface area contributed by atoms with Crippen LogP contribution >= 0.6 is 23.5 Å². The minimum Gasteiger partial charge on any atom is -0.480 e. The van der Waals surface area contributed by atoms with Gasteiger partial charge in [-0.05, 0) is 30.8 Å². The Labute approximate surface area is 169 Å². The first kappa shape index (κ1) is 22.5. The van der Waals surface area contributed by atoms with Crippen molar-refractivity contribution in [1.82, 2.24) is 4.90 Å². The van der Waals surface area contributed by atoms with Crippen molar-refractivity contribution >= 4 is 43.7 Å². The average Bonchev–Trinajstić information content (AvgIpc) is 2.83. The molecule has 0 saturated carbocycles. The van der Waals surface area contributed by atoms with Crippen molar-refractivity contribution in [2.75, 3.05) is 19.4 Å². The van der Waals surface area contributed by atoms with Gasteiger partial charge in [-0.3, -0.25) is 19.7 Å². The number of carboxylic acid groups (broad SMARTS) is 1. The van der Waals surface area contributed by atoms with Crippen LogP contribution in [0.4, 0.5) is 0 Å². The van der Waals surface area contributed by atoms with E-state index < -0.39 is 37.7 Å². The molecule has 2 heterocycles. The number of hydrogen-bond acceptors (Lipinski definition) is 7. The molecule has 27 heavy (non-hydrogen) atoms. The second-order valence-electron chi connectivity index (χ2n) is 8.52. The maximum atomic E-state index is 12.8. The number of nitrogens with zero attached hydrogens (tertiary/aromatic N) is 2. The highest BCUT2D eigenvalue weighted by molar-refractivity contribution is 8.18. The Hall–Kier alpha value is -0.783. The van der Waals surface area contributed by atoms with Gasteiger partial charge >= 0.3 is 5.97 Å². The van der Waals surface area contributed by atoms with Crippen molar-refractivity contribution in [2.24, 2.45) is 0 Å². The Kier molecular flexibility index (Phi) is 6.30. The summed E-state index contributed by atoms with van der Waals surface area (Å²) < 4.78 is 4.85. The van der Waals surface area contributed by atoms with E-state index in [1.807, 2.05) is 0 Å². The maximum Gasteiger partial charge on any atom is 0.323 e. The van der Waals surface area contributed by atoms with Gasteiger partial charge < -0.3 is 14.4 Å². The van der Waals surface area contributed by atoms with E-state index in [4.69, 9.17) is 9.53 Å². The Balaban J connectivity index is 2.22. The van der Waals surface area contributed by atoms with Gasteiger partial charge in [0.2, 0.25) is 5.91 Å². The van der Waals surface area contributed by atoms with Gasteiger partial charge in [0.15, 0.2) is 8.32 Å². The van der Waals surface area contributed by atoms with E-state index in [2.05, 4.69) is 33.9 Å². The molecule has 0 bridgehead atoms. The quantitative estimate of drug-likeness (QED) is 0.267. The van der Waals surface area contributed by atoms with Crippen LogP contribution in [0.25, 0.3) is 0 Å². The first-order valence-corrected chi connectivity index (χ1v) is 13.9. The van der Waals surface area contributed by atoms with Crippen LogP contribution < -0.4 is 0 Å². The standard InChI is InChI=1S/C16H28N2O6S2Si/c1-15(2,3)27(5,6)24-8-7-16-12(17(14(16)21)9-10(19)20)11(18(22)23)13(25-4)26-16/h11-13H,7-9H2,1-6H3,(H,19,20)/t11?,12-,13?,16+/m1/s1. The van der Waals surface area contributed by atoms with Crippen molar-refractivity contribution < 1.29 is 24.0 Å². The highest BCUT2D eigenvalue weighted by Gasteiger charge is 2.74. The number of carbonyl (C=O) groups excluding carboxylic acids is 1. The van der Waals surface area contributed by atoms with Gasteiger partial charge in [-0.1, -0.05) is 20.8 Å². The summed E-state index contributed by atoms with van der Waals surface area (Å²) in [5.41, 5.74) is 0. The summed E-state index contributed by atoms with van der Waals surface area (Å²) in [6.45, 7) is 10.5. The normalized spacial score (nSPS) is 30.8. The molecule has 0 spiro atoms. The summed E-state index contributed by atoms with van der Waals surface area (Å²) in [7, 11) is -2.00. The van der Waals surface area contributed by atoms with E-state index in [1.54, 1.807) is 6.26 Å². The van der Waals surface area contributed by atoms with E-state index in [0.29, 0.717) is 13.0 Å². The molecule has 1 amide bonds. The molecule has 4 atom stereocenters. The van der Waals surface area contributed by atoms with Crippen molar-refractivity contribution in [3.8, 4) is 0 Å². The van der Waals surface area contributed by atoms with Crippen LogP contribution in [0.3, 0.4) is 0 Å². The zero-order valence-corrected chi connectivity index (χ0v) is 19.2. The summed E-state index contributed by atoms with van der Waals surface area (Å²) in [6.07, 6.45) is 2.15. The summed E-state index contributed by atoms with van der Waals surface area (Å²) in [5.74, 6) is -1.48. The lowest BCUT2D eigenvalue weighted by molar-refractivity contribution is -0.526. The van der Waals surface area contributed by atoms with Gasteiger partial charge in [-0.2, -0.15) is 0 Å². The lowest BCUT2D eigenvalue weighted by atomic mass is 9.80. The van der Waals surface area contributed by atoms with Crippen LogP contribution in [0.15, 0.2) is 0 Å². The highest BCUT2D eigenvalue weighted by Crippen LogP contribution is 2.58. The van der Waals surface area contributed by atoms with Crippen LogP contribution in [0, 0.1) is 10.1 Å². The Morgan fingerprint density at radius 3 is 2.52 bits per heavy atom. The zero-order valence-electron chi connectivity index (χ0n) is 16.6. The number of β-lactam (4-membered cyclic amide) rings is 1. The first-order chi connectivity index (χ1) is 12.3. The monoisotopic (exact) mass is 436 g/mol. The molecule has 0 aliphatic carbocycles. The average molecular weight is 437 g/mol. The number of carboxylic acids is 1. The number of aliphatic carboxylic acids is 1. The van der Waals surface area contributed by atoms with Gasteiger partial charge in [0.25, 0.3) is 6.04 Å². The largest absolute Gasteiger partial charge is 0.480 e. The smallest absolute Gasteiger partial charge is 0.323 e. The fourth-order valence-electron chi connectivity index (χ4n) is 3.39. The molecule has 2 saturated heterocycles. The number of rotatable bonds is 8. The van der Waals surface area contributed by atoms with E-state index in [9.17, 15) is 19.7 Å². The third kappa shape index (κ3) is 3.88. The molecule has 0 aromatic heterocycles. The fraction of sp³-hybridized carbons (Fsp3) is 0.875. The second-order valence-corrected chi connectivity index (χ2v) is 16.1. The molecular weight excluding hydrogens is 408 g/mol. The predicted octanol–water partition coefficient (Wildman–Crippen LogP) is 2.51. The van der Waals surface area contributed by atoms with Crippen LogP contribution in [-0.2, 0) is 14.0 Å². The SMILES string of the molecule is CSC1S[C@]2(CCO[Si](C)(C)C(C)(C)C)C(=O)N(CC(=O)O)[C@@H]2C1[N+](=O)[O-]. The minimum atomic E-state index is -2.00. The number of likely N-dealkylation sites (tertiary alicyclic amines) is 1. The lowest BCUT2D eigenvalue weighted by Crippen LogP contribution is -2.74. The number of hydrogen-bond donors (Lipinski definition) is 1. The first-order valence-electron chi connectivity index (χ1n) is 8.79. The molecule has 2 aliphatic heterocycles. The third-order valence-corrected chi connectivity index (χ3v) is 13.6. The summed E-state index contributed by atoms with van der Waals surface area (Å²) in [6, 6.07) is -1.68. The van der Waals surface area contributed by atoms with Gasteiger partial charge in [-0.15, -0.1) is 23.5 Å². The molecule has 154 valence electrons. The Morgan fingerprint density at radius 1 is 1.48 bits per heavy atom. The maximum absolute atomic E-state index is 12.8. The van der Waals surface area contributed by atoms with Gasteiger partial charge in [-0.25, -0.2) is 0 Å². The van der Waals surface area contributed by atoms with Crippen molar-refractivity contribution in [1.29, 1.82) is 0 Å². The fourth-order valence-corrected chi connectivity index (χ4v) is 7.49. The number of fused-ring (bicyclic) bond motifs is 1. The van der Waals surface area contributed by atoms with Crippen LogP contribution in [0.2, 0.25) is 18.1 Å². The lowest BCUT2D eigenvalue weighted by Gasteiger charge is -2.51. The topological polar surface area (TPSA) is 110 Å². The molecule has 1 N–H and O–H groups in total. The molecule has 2 aliphatic rings. The molecular formula is C16H28N2O6S2Si. The van der Waals surface area contributed by atoms with Crippen molar-refractivity contribution in [3.63, 3.8) is 0 Å². The molecule has 2 fully saturated rings. The number of thioether (sulfide) groups is 2. The number of carbonyl (C=O) groups is 2. The molecule has 11 heteroatoms. The van der Waals surface area contributed by atoms with E-state index in [1.165, 1.54) is 23.5 Å². The highest BCUT2D eigenvalue weighted by atomic mass is 32.2. The predicted molar refractivity (Wildman–Crippen MR) is 109 cm³/mol. The number of amides is 1. The van der Waals surface area contributed by atoms with Crippen LogP contribution in [-0.4, -0.2) is 75.9 Å². The summed E-state index contributed by atoms with van der Waals surface area (Å²) >= 11 is 2.66. The molecule has 2 rings (SSSR count). The third-order valence-electron chi connectivity index (χ3n) is 5.89. The van der Waals surface area contributed by atoms with E-state index in [-0.39, 0.29) is 20.5 Å². The molecule has 0 aromatic carbocycles. The second kappa shape index (κ2) is 7.56. The zero-order chi connectivity index (χ0) is 20.8. The van der Waals surface area contributed by atoms with Crippen molar-refractivity contribution in [3.05, 3.63) is 10.1 Å². The Bertz CT molecular complexity index is 641. The van der Waals surface area contributed by atoms with Crippen LogP contribution in [0.5, 0.6) is 0 Å². The Morgan fingerprint density at radius 2 is 2.07 bits per heavy atom. The molecule has 2 unspecified atom stereocenters. The van der Waals surface area contributed by atoms with Crippen molar-refractivity contribution in [2.45, 2.75) is 66.7 Å².